The fraction of sp³-hybridized carbons (Fsp3) is 0.143. The van der Waals surface area contributed by atoms with E-state index in [0.717, 1.165) is 17.7 Å². The highest BCUT2D eigenvalue weighted by Crippen LogP contribution is 2.16. The molecule has 0 fully saturated rings. The second-order valence-electron chi connectivity index (χ2n) is 3.93. The number of benzene rings is 1. The van der Waals surface area contributed by atoms with Crippen LogP contribution in [0.25, 0.3) is 0 Å². The molecule has 0 aliphatic carbocycles. The van der Waals surface area contributed by atoms with Crippen LogP contribution in [0, 0.1) is 0 Å². The first kappa shape index (κ1) is 12.1. The summed E-state index contributed by atoms with van der Waals surface area (Å²) in [6.07, 6.45) is 3.06. The monoisotopic (exact) mass is 242 g/mol. The van der Waals surface area contributed by atoms with Gasteiger partial charge in [0.1, 0.15) is 5.69 Å². The van der Waals surface area contributed by atoms with Crippen molar-refractivity contribution in [3.63, 3.8) is 0 Å². The Morgan fingerprint density at radius 1 is 1.39 bits per heavy atom. The first-order chi connectivity index (χ1) is 8.74. The fourth-order valence-electron chi connectivity index (χ4n) is 1.75. The van der Waals surface area contributed by atoms with Crippen molar-refractivity contribution in [1.29, 1.82) is 0 Å². The number of para-hydroxylation sites is 1. The third-order valence-electron chi connectivity index (χ3n) is 2.73. The molecule has 0 radical (unpaired) electrons. The average molecular weight is 242 g/mol. The molecule has 0 bridgehead atoms. The number of anilines is 1. The number of aldehydes is 1. The third kappa shape index (κ3) is 2.48. The number of hydrogen-bond acceptors (Lipinski definition) is 2. The van der Waals surface area contributed by atoms with Gasteiger partial charge in [0.2, 0.25) is 0 Å². The number of nitrogens with one attached hydrogen (secondary N) is 2. The molecule has 92 valence electrons. The average Bonchev–Trinajstić information content (AvgIpc) is 2.88. The van der Waals surface area contributed by atoms with Gasteiger partial charge in [-0.15, -0.1) is 0 Å². The molecule has 0 saturated carbocycles. The lowest BCUT2D eigenvalue weighted by Gasteiger charge is -2.08. The van der Waals surface area contributed by atoms with E-state index in [9.17, 15) is 9.59 Å². The molecule has 1 aromatic carbocycles. The molecule has 0 saturated heterocycles. The van der Waals surface area contributed by atoms with Crippen molar-refractivity contribution in [1.82, 2.24) is 4.98 Å². The Labute approximate surface area is 105 Å². The molecule has 18 heavy (non-hydrogen) atoms. The summed E-state index contributed by atoms with van der Waals surface area (Å²) in [5.41, 5.74) is 2.72. The highest BCUT2D eigenvalue weighted by Gasteiger charge is 2.10. The van der Waals surface area contributed by atoms with Crippen LogP contribution in [0.15, 0.2) is 36.5 Å². The van der Waals surface area contributed by atoms with E-state index >= 15 is 0 Å². The number of carbonyl (C=O) groups excluding carboxylic acids is 2. The standard InChI is InChI=1S/C14H14N2O2/c1-2-11-5-3-4-6-12(11)16-14(18)13-7-10(9-17)8-15-13/h3-9,15H,2H2,1H3,(H,16,18). The summed E-state index contributed by atoms with van der Waals surface area (Å²) in [7, 11) is 0. The molecule has 2 N–H and O–H groups in total. The minimum absolute atomic E-state index is 0.246. The zero-order chi connectivity index (χ0) is 13.0. The van der Waals surface area contributed by atoms with Crippen LogP contribution < -0.4 is 5.32 Å². The maximum Gasteiger partial charge on any atom is 0.272 e. The van der Waals surface area contributed by atoms with Crippen LogP contribution in [-0.4, -0.2) is 17.2 Å². The quantitative estimate of drug-likeness (QED) is 0.809. The van der Waals surface area contributed by atoms with E-state index in [0.29, 0.717) is 17.5 Å². The van der Waals surface area contributed by atoms with Crippen molar-refractivity contribution in [2.24, 2.45) is 0 Å². The molecule has 0 spiro atoms. The molecule has 0 aliphatic rings. The first-order valence-electron chi connectivity index (χ1n) is 5.77. The van der Waals surface area contributed by atoms with Crippen LogP contribution in [0.3, 0.4) is 0 Å². The Morgan fingerprint density at radius 2 is 2.17 bits per heavy atom. The predicted molar refractivity (Wildman–Crippen MR) is 70.0 cm³/mol. The van der Waals surface area contributed by atoms with Crippen LogP contribution in [0.4, 0.5) is 5.69 Å². The maximum atomic E-state index is 12.0. The van der Waals surface area contributed by atoms with E-state index < -0.39 is 0 Å². The molecule has 0 unspecified atom stereocenters. The van der Waals surface area contributed by atoms with E-state index in [2.05, 4.69) is 10.3 Å². The van der Waals surface area contributed by atoms with Gasteiger partial charge < -0.3 is 10.3 Å². The van der Waals surface area contributed by atoms with Gasteiger partial charge in [0.05, 0.1) is 0 Å². The van der Waals surface area contributed by atoms with Gasteiger partial charge >= 0.3 is 0 Å². The van der Waals surface area contributed by atoms with Gasteiger partial charge in [0.15, 0.2) is 6.29 Å². The molecular weight excluding hydrogens is 228 g/mol. The summed E-state index contributed by atoms with van der Waals surface area (Å²) >= 11 is 0. The second-order valence-corrected chi connectivity index (χ2v) is 3.93. The van der Waals surface area contributed by atoms with Gasteiger partial charge in [0, 0.05) is 17.4 Å². The first-order valence-corrected chi connectivity index (χ1v) is 5.77. The zero-order valence-corrected chi connectivity index (χ0v) is 10.1. The minimum Gasteiger partial charge on any atom is -0.356 e. The number of aromatic amines is 1. The number of aromatic nitrogens is 1. The van der Waals surface area contributed by atoms with E-state index in [4.69, 9.17) is 0 Å². The molecule has 4 nitrogen and oxygen atoms in total. The van der Waals surface area contributed by atoms with Crippen LogP contribution in [0.2, 0.25) is 0 Å². The lowest BCUT2D eigenvalue weighted by molar-refractivity contribution is 0.102. The summed E-state index contributed by atoms with van der Waals surface area (Å²) in [5, 5.41) is 2.83. The minimum atomic E-state index is -0.246. The Balaban J connectivity index is 2.18. The fourth-order valence-corrected chi connectivity index (χ4v) is 1.75. The summed E-state index contributed by atoms with van der Waals surface area (Å²) < 4.78 is 0. The molecular formula is C14H14N2O2. The summed E-state index contributed by atoms with van der Waals surface area (Å²) in [6.45, 7) is 2.03. The Morgan fingerprint density at radius 3 is 2.83 bits per heavy atom. The number of H-pyrrole nitrogens is 1. The Kier molecular flexibility index (Phi) is 3.57. The predicted octanol–water partition coefficient (Wildman–Crippen LogP) is 2.64. The molecule has 1 aromatic heterocycles. The van der Waals surface area contributed by atoms with Crippen molar-refractivity contribution >= 4 is 17.9 Å². The number of aryl methyl sites for hydroxylation is 1. The van der Waals surface area contributed by atoms with E-state index in [-0.39, 0.29) is 5.91 Å². The molecule has 0 atom stereocenters. The van der Waals surface area contributed by atoms with Gasteiger partial charge in [0.25, 0.3) is 5.91 Å². The Hall–Kier alpha value is -2.36. The molecule has 4 heteroatoms. The summed E-state index contributed by atoms with van der Waals surface area (Å²) in [6, 6.07) is 9.17. The van der Waals surface area contributed by atoms with Crippen molar-refractivity contribution in [2.45, 2.75) is 13.3 Å². The summed E-state index contributed by atoms with van der Waals surface area (Å²) in [5.74, 6) is -0.246. The van der Waals surface area contributed by atoms with Crippen molar-refractivity contribution in [3.8, 4) is 0 Å². The van der Waals surface area contributed by atoms with Crippen molar-refractivity contribution in [3.05, 3.63) is 53.3 Å². The van der Waals surface area contributed by atoms with Crippen LogP contribution in [-0.2, 0) is 6.42 Å². The number of rotatable bonds is 4. The number of carbonyl (C=O) groups is 2. The van der Waals surface area contributed by atoms with Crippen molar-refractivity contribution < 1.29 is 9.59 Å². The molecule has 0 aliphatic heterocycles. The SMILES string of the molecule is CCc1ccccc1NC(=O)c1cc(C=O)c[nH]1. The number of amides is 1. The second kappa shape index (κ2) is 5.31. The smallest absolute Gasteiger partial charge is 0.272 e. The van der Waals surface area contributed by atoms with Gasteiger partial charge in [-0.05, 0) is 24.1 Å². The van der Waals surface area contributed by atoms with Crippen LogP contribution >= 0.6 is 0 Å². The lowest BCUT2D eigenvalue weighted by atomic mass is 10.1. The maximum absolute atomic E-state index is 12.0. The summed E-state index contributed by atoms with van der Waals surface area (Å²) in [4.78, 5) is 25.3. The lowest BCUT2D eigenvalue weighted by Crippen LogP contribution is -2.13. The van der Waals surface area contributed by atoms with E-state index in [1.165, 1.54) is 12.3 Å². The topological polar surface area (TPSA) is 62.0 Å². The number of hydrogen-bond donors (Lipinski definition) is 2. The van der Waals surface area contributed by atoms with Crippen LogP contribution in [0.5, 0.6) is 0 Å². The van der Waals surface area contributed by atoms with E-state index in [1.54, 1.807) is 0 Å². The highest BCUT2D eigenvalue weighted by atomic mass is 16.2. The van der Waals surface area contributed by atoms with Gasteiger partial charge in [-0.25, -0.2) is 0 Å². The molecule has 2 rings (SSSR count). The normalized spacial score (nSPS) is 10.1. The largest absolute Gasteiger partial charge is 0.356 e. The van der Waals surface area contributed by atoms with Crippen molar-refractivity contribution in [2.75, 3.05) is 5.32 Å². The van der Waals surface area contributed by atoms with Gasteiger partial charge in [-0.3, -0.25) is 9.59 Å². The Bertz CT molecular complexity index is 573. The van der Waals surface area contributed by atoms with E-state index in [1.807, 2.05) is 31.2 Å². The third-order valence-corrected chi connectivity index (χ3v) is 2.73. The highest BCUT2D eigenvalue weighted by molar-refractivity contribution is 6.04. The molecule has 1 amide bonds. The molecule has 2 aromatic rings. The van der Waals surface area contributed by atoms with Gasteiger partial charge in [-0.1, -0.05) is 25.1 Å². The zero-order valence-electron chi connectivity index (χ0n) is 10.1. The van der Waals surface area contributed by atoms with Gasteiger partial charge in [-0.2, -0.15) is 0 Å². The molecule has 1 heterocycles. The van der Waals surface area contributed by atoms with Crippen LogP contribution in [0.1, 0.15) is 33.3 Å².